The largest absolute Gasteiger partial charge is 0.484 e. The molecule has 1 aliphatic rings. The highest BCUT2D eigenvalue weighted by Crippen LogP contribution is 2.43. The maximum absolute atomic E-state index is 11.9. The van der Waals surface area contributed by atoms with E-state index in [-0.39, 0.29) is 24.9 Å². The van der Waals surface area contributed by atoms with Crippen molar-refractivity contribution in [2.75, 3.05) is 45.3 Å². The summed E-state index contributed by atoms with van der Waals surface area (Å²) < 4.78 is 6.12. The van der Waals surface area contributed by atoms with Crippen LogP contribution in [0.3, 0.4) is 0 Å². The SMILES string of the molecule is CNCCN(C)C(=O)COc1ccc(C2SCCCS2)cc1.Cl. The molecule has 0 radical (unpaired) electrons. The third-order valence-electron chi connectivity index (χ3n) is 3.46. The third-order valence-corrected chi connectivity index (χ3v) is 6.48. The van der Waals surface area contributed by atoms with E-state index < -0.39 is 0 Å². The lowest BCUT2D eigenvalue weighted by Crippen LogP contribution is -2.35. The van der Waals surface area contributed by atoms with Gasteiger partial charge in [0.05, 0.1) is 4.58 Å². The molecule has 23 heavy (non-hydrogen) atoms. The van der Waals surface area contributed by atoms with Crippen LogP contribution in [0.4, 0.5) is 0 Å². The van der Waals surface area contributed by atoms with Gasteiger partial charge in [0.2, 0.25) is 0 Å². The molecular formula is C16H25ClN2O2S2. The molecule has 0 aromatic heterocycles. The van der Waals surface area contributed by atoms with Gasteiger partial charge in [-0.2, -0.15) is 0 Å². The molecule has 1 aliphatic heterocycles. The van der Waals surface area contributed by atoms with Crippen LogP contribution in [0.1, 0.15) is 16.6 Å². The monoisotopic (exact) mass is 376 g/mol. The number of ether oxygens (including phenoxy) is 1. The zero-order valence-corrected chi connectivity index (χ0v) is 16.1. The summed E-state index contributed by atoms with van der Waals surface area (Å²) in [5.41, 5.74) is 1.33. The highest BCUT2D eigenvalue weighted by molar-refractivity contribution is 8.16. The van der Waals surface area contributed by atoms with Crippen LogP contribution in [0.2, 0.25) is 0 Å². The number of thioether (sulfide) groups is 2. The second-order valence-corrected chi connectivity index (χ2v) is 7.93. The van der Waals surface area contributed by atoms with E-state index >= 15 is 0 Å². The molecule has 130 valence electrons. The fourth-order valence-corrected chi connectivity index (χ4v) is 4.96. The first-order valence-electron chi connectivity index (χ1n) is 7.55. The number of halogens is 1. The molecule has 1 aromatic carbocycles. The molecule has 2 rings (SSSR count). The van der Waals surface area contributed by atoms with Gasteiger partial charge < -0.3 is 15.0 Å². The number of hydrogen-bond acceptors (Lipinski definition) is 5. The zero-order valence-electron chi connectivity index (χ0n) is 13.6. The van der Waals surface area contributed by atoms with Gasteiger partial charge in [-0.25, -0.2) is 0 Å². The average Bonchev–Trinajstić information content (AvgIpc) is 2.58. The predicted octanol–water partition coefficient (Wildman–Crippen LogP) is 3.03. The van der Waals surface area contributed by atoms with Crippen molar-refractivity contribution in [2.24, 2.45) is 0 Å². The molecular weight excluding hydrogens is 352 g/mol. The molecule has 0 unspecified atom stereocenters. The Labute approximate surface area is 153 Å². The van der Waals surface area contributed by atoms with E-state index in [1.165, 1.54) is 23.5 Å². The Hall–Kier alpha value is -0.560. The quantitative estimate of drug-likeness (QED) is 0.792. The first-order chi connectivity index (χ1) is 10.7. The Morgan fingerprint density at radius 3 is 2.57 bits per heavy atom. The van der Waals surface area contributed by atoms with Gasteiger partial charge in [0.25, 0.3) is 5.91 Å². The number of nitrogens with zero attached hydrogens (tertiary/aromatic N) is 1. The first-order valence-corrected chi connectivity index (χ1v) is 9.65. The van der Waals surface area contributed by atoms with Crippen LogP contribution in [0, 0.1) is 0 Å². The minimum atomic E-state index is -0.00211. The molecule has 0 saturated carbocycles. The summed E-state index contributed by atoms with van der Waals surface area (Å²) in [5, 5.41) is 3.03. The van der Waals surface area contributed by atoms with Crippen LogP contribution in [0.5, 0.6) is 5.75 Å². The topological polar surface area (TPSA) is 41.6 Å². The molecule has 0 aliphatic carbocycles. The molecule has 1 amide bonds. The Morgan fingerprint density at radius 2 is 1.96 bits per heavy atom. The van der Waals surface area contributed by atoms with Crippen molar-refractivity contribution in [3.8, 4) is 5.75 Å². The number of carbonyl (C=O) groups is 1. The number of hydrogen-bond donors (Lipinski definition) is 1. The Balaban J connectivity index is 0.00000264. The fourth-order valence-electron chi connectivity index (χ4n) is 2.06. The molecule has 0 bridgehead atoms. The van der Waals surface area contributed by atoms with E-state index in [9.17, 15) is 4.79 Å². The van der Waals surface area contributed by atoms with Gasteiger partial charge in [0.1, 0.15) is 5.75 Å². The summed E-state index contributed by atoms with van der Waals surface area (Å²) in [7, 11) is 3.67. The van der Waals surface area contributed by atoms with E-state index in [1.807, 2.05) is 42.7 Å². The van der Waals surface area contributed by atoms with Gasteiger partial charge in [-0.05, 0) is 42.7 Å². The van der Waals surface area contributed by atoms with E-state index in [0.717, 1.165) is 12.3 Å². The fraction of sp³-hybridized carbons (Fsp3) is 0.562. The maximum Gasteiger partial charge on any atom is 0.260 e. The van der Waals surface area contributed by atoms with Crippen LogP contribution in [-0.2, 0) is 4.79 Å². The summed E-state index contributed by atoms with van der Waals surface area (Å²) in [4.78, 5) is 13.6. The van der Waals surface area contributed by atoms with Crippen molar-refractivity contribution in [2.45, 2.75) is 11.0 Å². The predicted molar refractivity (Wildman–Crippen MR) is 103 cm³/mol. The first kappa shape index (κ1) is 20.5. The number of benzene rings is 1. The van der Waals surface area contributed by atoms with Crippen LogP contribution < -0.4 is 10.1 Å². The number of carbonyl (C=O) groups excluding carboxylic acids is 1. The van der Waals surface area contributed by atoms with Gasteiger partial charge in [0.15, 0.2) is 6.61 Å². The molecule has 1 aromatic rings. The number of amides is 1. The third kappa shape index (κ3) is 6.83. The second-order valence-electron chi connectivity index (χ2n) is 5.20. The van der Waals surface area contributed by atoms with Gasteiger partial charge in [0, 0.05) is 20.1 Å². The van der Waals surface area contributed by atoms with Crippen molar-refractivity contribution in [3.63, 3.8) is 0 Å². The summed E-state index contributed by atoms with van der Waals surface area (Å²) in [6, 6.07) is 8.15. The van der Waals surface area contributed by atoms with E-state index in [0.29, 0.717) is 11.1 Å². The average molecular weight is 377 g/mol. The Bertz CT molecular complexity index is 468. The maximum atomic E-state index is 11.9. The van der Waals surface area contributed by atoms with Gasteiger partial charge in [-0.15, -0.1) is 35.9 Å². The minimum absolute atomic E-state index is 0. The molecule has 7 heteroatoms. The van der Waals surface area contributed by atoms with Crippen LogP contribution in [0.15, 0.2) is 24.3 Å². The summed E-state index contributed by atoms with van der Waals surface area (Å²) in [6.07, 6.45) is 1.30. The Kier molecular flexibility index (Phi) is 9.86. The van der Waals surface area contributed by atoms with E-state index in [2.05, 4.69) is 17.4 Å². The molecule has 4 nitrogen and oxygen atoms in total. The van der Waals surface area contributed by atoms with Crippen molar-refractivity contribution >= 4 is 41.8 Å². The smallest absolute Gasteiger partial charge is 0.260 e. The van der Waals surface area contributed by atoms with Gasteiger partial charge in [-0.1, -0.05) is 12.1 Å². The lowest BCUT2D eigenvalue weighted by atomic mass is 10.2. The minimum Gasteiger partial charge on any atom is -0.484 e. The summed E-state index contributed by atoms with van der Waals surface area (Å²) in [5.74, 6) is 3.23. The van der Waals surface area contributed by atoms with Crippen LogP contribution in [0.25, 0.3) is 0 Å². The second kappa shape index (κ2) is 11.1. The highest BCUT2D eigenvalue weighted by Gasteiger charge is 2.16. The van der Waals surface area contributed by atoms with Gasteiger partial charge in [-0.3, -0.25) is 4.79 Å². The lowest BCUT2D eigenvalue weighted by Gasteiger charge is -2.21. The number of nitrogens with one attached hydrogen (secondary N) is 1. The summed E-state index contributed by atoms with van der Waals surface area (Å²) in [6.45, 7) is 1.56. The number of rotatable bonds is 7. The highest BCUT2D eigenvalue weighted by atomic mass is 35.5. The molecule has 0 atom stereocenters. The lowest BCUT2D eigenvalue weighted by molar-refractivity contribution is -0.131. The van der Waals surface area contributed by atoms with Crippen molar-refractivity contribution < 1.29 is 9.53 Å². The molecule has 1 heterocycles. The Morgan fingerprint density at radius 1 is 1.30 bits per heavy atom. The zero-order chi connectivity index (χ0) is 15.8. The molecule has 1 N–H and O–H groups in total. The molecule has 1 fully saturated rings. The van der Waals surface area contributed by atoms with E-state index in [4.69, 9.17) is 4.74 Å². The summed E-state index contributed by atoms with van der Waals surface area (Å²) >= 11 is 4.01. The normalized spacial score (nSPS) is 14.9. The van der Waals surface area contributed by atoms with Crippen molar-refractivity contribution in [1.82, 2.24) is 10.2 Å². The van der Waals surface area contributed by atoms with Crippen molar-refractivity contribution in [1.29, 1.82) is 0 Å². The van der Waals surface area contributed by atoms with Crippen LogP contribution in [-0.4, -0.2) is 56.1 Å². The molecule has 0 spiro atoms. The molecule has 1 saturated heterocycles. The van der Waals surface area contributed by atoms with Crippen LogP contribution >= 0.6 is 35.9 Å². The van der Waals surface area contributed by atoms with Crippen molar-refractivity contribution in [3.05, 3.63) is 29.8 Å². The standard InChI is InChI=1S/C16H24N2O2S2.ClH/c1-17-8-9-18(2)15(19)12-20-14-6-4-13(5-7-14)16-21-10-3-11-22-16;/h4-7,16-17H,3,8-12H2,1-2H3;1H. The van der Waals surface area contributed by atoms with E-state index in [1.54, 1.807) is 11.9 Å². The van der Waals surface area contributed by atoms with Gasteiger partial charge >= 0.3 is 0 Å². The number of likely N-dealkylation sites (N-methyl/N-ethyl adjacent to an activating group) is 2.